The first-order valence-electron chi connectivity index (χ1n) is 9.19. The van der Waals surface area contributed by atoms with Crippen molar-refractivity contribution >= 4 is 5.78 Å². The van der Waals surface area contributed by atoms with E-state index in [2.05, 4.69) is 26.0 Å². The van der Waals surface area contributed by atoms with Crippen molar-refractivity contribution in [1.82, 2.24) is 0 Å². The Kier molecular flexibility index (Phi) is 10.6. The van der Waals surface area contributed by atoms with Gasteiger partial charge >= 0.3 is 0 Å². The lowest BCUT2D eigenvalue weighted by Gasteiger charge is -2.22. The third-order valence-corrected chi connectivity index (χ3v) is 4.10. The van der Waals surface area contributed by atoms with Crippen molar-refractivity contribution in [3.63, 3.8) is 0 Å². The average Bonchev–Trinajstić information content (AvgIpc) is 2.53. The molecule has 0 bridgehead atoms. The minimum atomic E-state index is -0.0108. The van der Waals surface area contributed by atoms with Crippen LogP contribution in [0.15, 0.2) is 34.9 Å². The third kappa shape index (κ3) is 10.6. The summed E-state index contributed by atoms with van der Waals surface area (Å²) < 4.78 is 11.3. The molecule has 1 unspecified atom stereocenters. The number of hydrogen-bond donors (Lipinski definition) is 0. The molecule has 1 heterocycles. The molecule has 0 radical (unpaired) electrons. The molecule has 3 nitrogen and oxygen atoms in total. The summed E-state index contributed by atoms with van der Waals surface area (Å²) in [7, 11) is 0. The molecule has 0 aromatic rings. The van der Waals surface area contributed by atoms with Crippen molar-refractivity contribution in [3.8, 4) is 0 Å². The molecule has 0 saturated carbocycles. The lowest BCUT2D eigenvalue weighted by atomic mass is 10.0. The molecule has 0 aromatic carbocycles. The molecule has 0 aromatic heterocycles. The maximum Gasteiger partial charge on any atom is 0.157 e. The first-order valence-corrected chi connectivity index (χ1v) is 9.19. The Balaban J connectivity index is 2.17. The fourth-order valence-corrected chi connectivity index (χ4v) is 2.61. The molecule has 3 heteroatoms. The lowest BCUT2D eigenvalue weighted by Crippen LogP contribution is -2.22. The van der Waals surface area contributed by atoms with Crippen LogP contribution in [-0.4, -0.2) is 25.3 Å². The van der Waals surface area contributed by atoms with E-state index in [4.69, 9.17) is 9.47 Å². The van der Waals surface area contributed by atoms with Crippen molar-refractivity contribution in [3.05, 3.63) is 34.9 Å². The van der Waals surface area contributed by atoms with Gasteiger partial charge in [-0.1, -0.05) is 28.9 Å². The van der Waals surface area contributed by atoms with E-state index in [9.17, 15) is 4.79 Å². The monoisotopic (exact) mass is 334 g/mol. The standard InChI is InChI=1S/C21H34O3/c1-17(2)16-20(22)12-11-18(3)8-7-9-19(4)13-15-24-21-10-5-6-14-23-21/h8,13,16,21H,5-7,9-12,14-15H2,1-4H3. The molecule has 24 heavy (non-hydrogen) atoms. The van der Waals surface area contributed by atoms with E-state index in [-0.39, 0.29) is 12.1 Å². The number of carbonyl (C=O) groups excluding carboxylic acids is 1. The van der Waals surface area contributed by atoms with Crippen LogP contribution >= 0.6 is 0 Å². The predicted molar refractivity (Wildman–Crippen MR) is 100.0 cm³/mol. The second kappa shape index (κ2) is 12.2. The Morgan fingerprint density at radius 3 is 2.46 bits per heavy atom. The molecule has 0 spiro atoms. The zero-order valence-corrected chi connectivity index (χ0v) is 15.9. The van der Waals surface area contributed by atoms with Crippen LogP contribution in [0.2, 0.25) is 0 Å². The molecular formula is C21H34O3. The largest absolute Gasteiger partial charge is 0.353 e. The van der Waals surface area contributed by atoms with Gasteiger partial charge in [-0.2, -0.15) is 0 Å². The number of allylic oxidation sites excluding steroid dienone is 5. The van der Waals surface area contributed by atoms with Crippen LogP contribution in [0.3, 0.4) is 0 Å². The first-order chi connectivity index (χ1) is 11.5. The Bertz CT molecular complexity index is 461. The number of ether oxygens (including phenoxy) is 2. The maximum atomic E-state index is 11.7. The van der Waals surface area contributed by atoms with E-state index in [1.54, 1.807) is 6.08 Å². The van der Waals surface area contributed by atoms with Crippen molar-refractivity contribution in [2.45, 2.75) is 78.9 Å². The Morgan fingerprint density at radius 1 is 1.04 bits per heavy atom. The summed E-state index contributed by atoms with van der Waals surface area (Å²) in [6.45, 7) is 9.63. The molecule has 1 aliphatic heterocycles. The van der Waals surface area contributed by atoms with Gasteiger partial charge in [0, 0.05) is 13.0 Å². The number of rotatable bonds is 10. The minimum absolute atomic E-state index is 0.0108. The van der Waals surface area contributed by atoms with Gasteiger partial charge in [-0.15, -0.1) is 0 Å². The first kappa shape index (κ1) is 20.9. The van der Waals surface area contributed by atoms with Crippen molar-refractivity contribution in [2.75, 3.05) is 13.2 Å². The summed E-state index contributed by atoms with van der Waals surface area (Å²) in [5.41, 5.74) is 3.71. The van der Waals surface area contributed by atoms with E-state index >= 15 is 0 Å². The van der Waals surface area contributed by atoms with Crippen LogP contribution in [0.5, 0.6) is 0 Å². The molecule has 1 rings (SSSR count). The van der Waals surface area contributed by atoms with Gasteiger partial charge in [-0.25, -0.2) is 0 Å². The summed E-state index contributed by atoms with van der Waals surface area (Å²) in [5, 5.41) is 0. The van der Waals surface area contributed by atoms with Gasteiger partial charge in [0.25, 0.3) is 0 Å². The Morgan fingerprint density at radius 2 is 1.79 bits per heavy atom. The topological polar surface area (TPSA) is 35.5 Å². The van der Waals surface area contributed by atoms with E-state index in [1.165, 1.54) is 17.6 Å². The summed E-state index contributed by atoms with van der Waals surface area (Å²) in [6.07, 6.45) is 13.0. The van der Waals surface area contributed by atoms with Crippen molar-refractivity contribution in [1.29, 1.82) is 0 Å². The van der Waals surface area contributed by atoms with Gasteiger partial charge in [0.2, 0.25) is 0 Å². The highest BCUT2D eigenvalue weighted by molar-refractivity contribution is 5.90. The molecule has 0 amide bonds. The minimum Gasteiger partial charge on any atom is -0.353 e. The smallest absolute Gasteiger partial charge is 0.157 e. The Hall–Kier alpha value is -1.19. The second-order valence-corrected chi connectivity index (χ2v) is 6.96. The van der Waals surface area contributed by atoms with Gasteiger partial charge in [0.05, 0.1) is 6.61 Å². The van der Waals surface area contributed by atoms with Gasteiger partial charge in [-0.3, -0.25) is 4.79 Å². The fraction of sp³-hybridized carbons (Fsp3) is 0.667. The third-order valence-electron chi connectivity index (χ3n) is 4.10. The maximum absolute atomic E-state index is 11.7. The summed E-state index contributed by atoms with van der Waals surface area (Å²) in [4.78, 5) is 11.7. The van der Waals surface area contributed by atoms with Crippen LogP contribution in [0.1, 0.15) is 72.6 Å². The van der Waals surface area contributed by atoms with Gasteiger partial charge in [0.15, 0.2) is 12.1 Å². The van der Waals surface area contributed by atoms with E-state index in [1.807, 2.05) is 13.8 Å². The lowest BCUT2D eigenvalue weighted by molar-refractivity contribution is -0.155. The molecule has 0 N–H and O–H groups in total. The molecule has 1 aliphatic rings. The molecular weight excluding hydrogens is 300 g/mol. The van der Waals surface area contributed by atoms with Crippen LogP contribution in [0, 0.1) is 0 Å². The van der Waals surface area contributed by atoms with Gasteiger partial charge < -0.3 is 9.47 Å². The normalized spacial score (nSPS) is 19.2. The summed E-state index contributed by atoms with van der Waals surface area (Å²) >= 11 is 0. The fourth-order valence-electron chi connectivity index (χ4n) is 2.61. The molecule has 136 valence electrons. The summed E-state index contributed by atoms with van der Waals surface area (Å²) in [6, 6.07) is 0. The van der Waals surface area contributed by atoms with E-state index in [0.29, 0.717) is 13.0 Å². The van der Waals surface area contributed by atoms with Crippen LogP contribution in [0.25, 0.3) is 0 Å². The molecule has 1 atom stereocenters. The van der Waals surface area contributed by atoms with E-state index < -0.39 is 0 Å². The molecule has 1 saturated heterocycles. The zero-order chi connectivity index (χ0) is 17.8. The second-order valence-electron chi connectivity index (χ2n) is 6.96. The van der Waals surface area contributed by atoms with Gasteiger partial charge in [0.1, 0.15) is 0 Å². The van der Waals surface area contributed by atoms with Crippen molar-refractivity contribution in [2.24, 2.45) is 0 Å². The quantitative estimate of drug-likeness (QED) is 0.390. The highest BCUT2D eigenvalue weighted by Crippen LogP contribution is 2.14. The van der Waals surface area contributed by atoms with Crippen LogP contribution in [0.4, 0.5) is 0 Å². The molecule has 0 aliphatic carbocycles. The highest BCUT2D eigenvalue weighted by atomic mass is 16.7. The number of ketones is 1. The Labute approximate surface area is 147 Å². The molecule has 1 fully saturated rings. The van der Waals surface area contributed by atoms with Crippen LogP contribution in [-0.2, 0) is 14.3 Å². The number of carbonyl (C=O) groups is 1. The predicted octanol–water partition coefficient (Wildman–Crippen LogP) is 5.52. The summed E-state index contributed by atoms with van der Waals surface area (Å²) in [5.74, 6) is 0.223. The zero-order valence-electron chi connectivity index (χ0n) is 15.9. The van der Waals surface area contributed by atoms with E-state index in [0.717, 1.165) is 44.3 Å². The van der Waals surface area contributed by atoms with Crippen LogP contribution < -0.4 is 0 Å². The van der Waals surface area contributed by atoms with Crippen molar-refractivity contribution < 1.29 is 14.3 Å². The average molecular weight is 335 g/mol. The highest BCUT2D eigenvalue weighted by Gasteiger charge is 2.12. The number of hydrogen-bond acceptors (Lipinski definition) is 3. The van der Waals surface area contributed by atoms with Gasteiger partial charge in [-0.05, 0) is 72.3 Å². The SMILES string of the molecule is CC(C)=CC(=O)CCC(C)=CCCC(C)=CCOC1CCCCO1.